The average molecular weight is 306 g/mol. The third kappa shape index (κ3) is 2.71. The fourth-order valence-electron chi connectivity index (χ4n) is 5.67. The number of carbonyl (C=O) groups excluding carboxylic acids is 1. The highest BCUT2D eigenvalue weighted by Gasteiger charge is 2.52. The molecule has 3 rings (SSSR count). The first kappa shape index (κ1) is 16.3. The van der Waals surface area contributed by atoms with Crippen LogP contribution < -0.4 is 0 Å². The molecule has 126 valence electrons. The van der Waals surface area contributed by atoms with Gasteiger partial charge in [-0.3, -0.25) is 4.79 Å². The van der Waals surface area contributed by atoms with E-state index in [1.807, 2.05) is 0 Å². The molecule has 22 heavy (non-hydrogen) atoms. The van der Waals surface area contributed by atoms with Crippen molar-refractivity contribution in [1.82, 2.24) is 0 Å². The highest BCUT2D eigenvalue weighted by atomic mass is 16.6. The van der Waals surface area contributed by atoms with Crippen LogP contribution in [0.2, 0.25) is 0 Å². The minimum Gasteiger partial charge on any atom is -0.459 e. The quantitative estimate of drug-likeness (QED) is 0.667. The average Bonchev–Trinajstić information content (AvgIpc) is 3.09. The van der Waals surface area contributed by atoms with Gasteiger partial charge in [0.15, 0.2) is 0 Å². The Morgan fingerprint density at radius 1 is 1.09 bits per heavy atom. The lowest BCUT2D eigenvalue weighted by molar-refractivity contribution is -0.174. The van der Waals surface area contributed by atoms with Gasteiger partial charge in [-0.1, -0.05) is 40.0 Å². The van der Waals surface area contributed by atoms with Crippen molar-refractivity contribution in [2.24, 2.45) is 35.5 Å². The minimum atomic E-state index is -0.228. The van der Waals surface area contributed by atoms with Gasteiger partial charge in [0.05, 0.1) is 5.92 Å². The van der Waals surface area contributed by atoms with E-state index >= 15 is 0 Å². The molecule has 0 aromatic heterocycles. The van der Waals surface area contributed by atoms with Gasteiger partial charge in [-0.15, -0.1) is 0 Å². The van der Waals surface area contributed by atoms with E-state index in [2.05, 4.69) is 27.7 Å². The van der Waals surface area contributed by atoms with Crippen LogP contribution >= 0.6 is 0 Å². The summed E-state index contributed by atoms with van der Waals surface area (Å²) in [5.41, 5.74) is -0.228. The second-order valence-corrected chi connectivity index (χ2v) is 8.64. The molecule has 6 unspecified atom stereocenters. The first-order valence-electron chi connectivity index (χ1n) is 9.69. The maximum absolute atomic E-state index is 12.9. The zero-order valence-corrected chi connectivity index (χ0v) is 14.9. The number of fused-ring (bicyclic) bond motifs is 2. The van der Waals surface area contributed by atoms with Crippen LogP contribution in [0.1, 0.15) is 79.1 Å². The van der Waals surface area contributed by atoms with E-state index in [0.717, 1.165) is 24.7 Å². The van der Waals surface area contributed by atoms with Gasteiger partial charge in [0, 0.05) is 0 Å². The molecule has 0 aromatic rings. The Balaban J connectivity index is 1.65. The fraction of sp³-hybridized carbons (Fsp3) is 0.950. The summed E-state index contributed by atoms with van der Waals surface area (Å²) in [6, 6.07) is 0. The van der Waals surface area contributed by atoms with E-state index in [1.54, 1.807) is 0 Å². The third-order valence-corrected chi connectivity index (χ3v) is 7.70. The van der Waals surface area contributed by atoms with E-state index < -0.39 is 0 Å². The largest absolute Gasteiger partial charge is 0.459 e. The van der Waals surface area contributed by atoms with Crippen molar-refractivity contribution < 1.29 is 9.53 Å². The van der Waals surface area contributed by atoms with Gasteiger partial charge < -0.3 is 4.74 Å². The lowest BCUT2D eigenvalue weighted by Crippen LogP contribution is -2.43. The Labute approximate surface area is 136 Å². The third-order valence-electron chi connectivity index (χ3n) is 7.70. The van der Waals surface area contributed by atoms with Crippen molar-refractivity contribution in [2.45, 2.75) is 84.7 Å². The van der Waals surface area contributed by atoms with Gasteiger partial charge >= 0.3 is 5.97 Å². The van der Waals surface area contributed by atoms with Crippen molar-refractivity contribution in [3.63, 3.8) is 0 Å². The molecule has 3 saturated carbocycles. The van der Waals surface area contributed by atoms with Crippen molar-refractivity contribution in [3.8, 4) is 0 Å². The molecule has 0 heterocycles. The van der Waals surface area contributed by atoms with Gasteiger partial charge in [0.1, 0.15) is 5.60 Å². The van der Waals surface area contributed by atoms with Gasteiger partial charge in [-0.05, 0) is 68.6 Å². The Bertz CT molecular complexity index is 410. The number of ether oxygens (including phenoxy) is 1. The van der Waals surface area contributed by atoms with Crippen LogP contribution in [-0.2, 0) is 9.53 Å². The van der Waals surface area contributed by atoms with Gasteiger partial charge in [-0.25, -0.2) is 0 Å². The number of hydrogen-bond donors (Lipinski definition) is 0. The first-order chi connectivity index (χ1) is 10.5. The Kier molecular flexibility index (Phi) is 4.58. The molecule has 3 aliphatic rings. The Hall–Kier alpha value is -0.530. The summed E-state index contributed by atoms with van der Waals surface area (Å²) in [5, 5.41) is 0. The lowest BCUT2D eigenvalue weighted by Gasteiger charge is -2.40. The van der Waals surface area contributed by atoms with E-state index in [-0.39, 0.29) is 17.5 Å². The topological polar surface area (TPSA) is 26.3 Å². The molecule has 3 fully saturated rings. The van der Waals surface area contributed by atoms with Gasteiger partial charge in [0.25, 0.3) is 0 Å². The minimum absolute atomic E-state index is 0.126. The van der Waals surface area contributed by atoms with Crippen LogP contribution in [-0.4, -0.2) is 11.6 Å². The molecule has 2 heteroatoms. The van der Waals surface area contributed by atoms with E-state index in [0.29, 0.717) is 17.8 Å². The molecule has 0 N–H and O–H groups in total. The molecular formula is C20H34O2. The summed E-state index contributed by atoms with van der Waals surface area (Å²) in [4.78, 5) is 12.9. The predicted molar refractivity (Wildman–Crippen MR) is 89.4 cm³/mol. The molecule has 0 aliphatic heterocycles. The number of esters is 1. The second kappa shape index (κ2) is 6.17. The summed E-state index contributed by atoms with van der Waals surface area (Å²) in [7, 11) is 0. The van der Waals surface area contributed by atoms with Crippen molar-refractivity contribution in [1.29, 1.82) is 0 Å². The maximum Gasteiger partial charge on any atom is 0.309 e. The number of rotatable bonds is 4. The van der Waals surface area contributed by atoms with Crippen LogP contribution in [0.4, 0.5) is 0 Å². The molecule has 0 aromatic carbocycles. The zero-order chi connectivity index (χ0) is 15.9. The highest BCUT2D eigenvalue weighted by Crippen LogP contribution is 2.55. The van der Waals surface area contributed by atoms with E-state index in [1.165, 1.54) is 38.5 Å². The summed E-state index contributed by atoms with van der Waals surface area (Å²) >= 11 is 0. The lowest BCUT2D eigenvalue weighted by atomic mass is 9.74. The van der Waals surface area contributed by atoms with Gasteiger partial charge in [-0.2, -0.15) is 0 Å². The maximum atomic E-state index is 12.9. The van der Waals surface area contributed by atoms with Crippen molar-refractivity contribution in [3.05, 3.63) is 0 Å². The predicted octanol–water partition coefficient (Wildman–Crippen LogP) is 5.21. The van der Waals surface area contributed by atoms with E-state index in [9.17, 15) is 4.79 Å². The molecular weight excluding hydrogens is 272 g/mol. The first-order valence-corrected chi connectivity index (χ1v) is 9.69. The van der Waals surface area contributed by atoms with Crippen LogP contribution in [0.3, 0.4) is 0 Å². The number of carbonyl (C=O) groups is 1. The zero-order valence-electron chi connectivity index (χ0n) is 14.9. The fourth-order valence-corrected chi connectivity index (χ4v) is 5.67. The summed E-state index contributed by atoms with van der Waals surface area (Å²) in [5.74, 6) is 3.72. The SMILES string of the molecule is CCC(C)(OC(=O)C1CC2CC1C(C)C2C)C1CCCCC1. The molecule has 0 spiro atoms. The number of hydrogen-bond acceptors (Lipinski definition) is 2. The molecule has 0 saturated heterocycles. The molecule has 3 aliphatic carbocycles. The summed E-state index contributed by atoms with van der Waals surface area (Å²) in [6.07, 6.45) is 9.74. The molecule has 0 amide bonds. The molecule has 0 radical (unpaired) electrons. The normalized spacial score (nSPS) is 41.4. The van der Waals surface area contributed by atoms with Crippen molar-refractivity contribution >= 4 is 5.97 Å². The standard InChI is InChI=1S/C20H34O2/c1-5-20(4,16-9-7-6-8-10-16)22-19(21)18-12-15-11-17(18)14(3)13(15)2/h13-18H,5-12H2,1-4H3. The van der Waals surface area contributed by atoms with Crippen LogP contribution in [0, 0.1) is 35.5 Å². The van der Waals surface area contributed by atoms with Crippen molar-refractivity contribution in [2.75, 3.05) is 0 Å². The summed E-state index contributed by atoms with van der Waals surface area (Å²) in [6.45, 7) is 9.09. The van der Waals surface area contributed by atoms with Gasteiger partial charge in [0.2, 0.25) is 0 Å². The highest BCUT2D eigenvalue weighted by molar-refractivity contribution is 5.74. The van der Waals surface area contributed by atoms with E-state index in [4.69, 9.17) is 4.74 Å². The summed E-state index contributed by atoms with van der Waals surface area (Å²) < 4.78 is 6.21. The second-order valence-electron chi connectivity index (χ2n) is 8.64. The molecule has 6 atom stereocenters. The smallest absolute Gasteiger partial charge is 0.309 e. The van der Waals surface area contributed by atoms with Crippen LogP contribution in [0.5, 0.6) is 0 Å². The monoisotopic (exact) mass is 306 g/mol. The Morgan fingerprint density at radius 3 is 2.32 bits per heavy atom. The van der Waals surface area contributed by atoms with Crippen LogP contribution in [0.25, 0.3) is 0 Å². The molecule has 2 bridgehead atoms. The molecule has 2 nitrogen and oxygen atoms in total. The van der Waals surface area contributed by atoms with Crippen LogP contribution in [0.15, 0.2) is 0 Å². The Morgan fingerprint density at radius 2 is 1.77 bits per heavy atom.